The minimum absolute atomic E-state index is 0.0188. The Labute approximate surface area is 184 Å². The van der Waals surface area contributed by atoms with Gasteiger partial charge in [0.1, 0.15) is 35.2 Å². The number of rotatable bonds is 4. The highest BCUT2D eigenvalue weighted by Gasteiger charge is 2.47. The summed E-state index contributed by atoms with van der Waals surface area (Å²) in [5.41, 5.74) is 2.26. The van der Waals surface area contributed by atoms with E-state index in [0.717, 1.165) is 16.9 Å². The maximum atomic E-state index is 13.1. The number of hydrogen-bond acceptors (Lipinski definition) is 6. The molecular formula is C25H22N2O5. The Morgan fingerprint density at radius 2 is 1.94 bits per heavy atom. The monoisotopic (exact) mass is 430 g/mol. The minimum atomic E-state index is -0.833. The molecule has 0 aliphatic carbocycles. The summed E-state index contributed by atoms with van der Waals surface area (Å²) in [5, 5.41) is 11.2. The lowest BCUT2D eigenvalue weighted by Crippen LogP contribution is -2.29. The number of hydrogen-bond donors (Lipinski definition) is 1. The van der Waals surface area contributed by atoms with Gasteiger partial charge in [0.2, 0.25) is 0 Å². The normalized spacial score (nSPS) is 21.6. The van der Waals surface area contributed by atoms with E-state index >= 15 is 0 Å². The molecule has 1 amide bonds. The molecule has 7 heteroatoms. The van der Waals surface area contributed by atoms with Crippen LogP contribution in [0.2, 0.25) is 0 Å². The number of benzene rings is 1. The molecule has 0 spiro atoms. The predicted molar refractivity (Wildman–Crippen MR) is 116 cm³/mol. The summed E-state index contributed by atoms with van der Waals surface area (Å²) in [6.45, 7) is 3.95. The number of pyridine rings is 1. The fraction of sp³-hybridized carbons (Fsp3) is 0.240. The Morgan fingerprint density at radius 1 is 1.16 bits per heavy atom. The van der Waals surface area contributed by atoms with Crippen molar-refractivity contribution in [2.45, 2.75) is 39.0 Å². The van der Waals surface area contributed by atoms with Gasteiger partial charge >= 0.3 is 0 Å². The Kier molecular flexibility index (Phi) is 4.81. The van der Waals surface area contributed by atoms with E-state index < -0.39 is 17.7 Å². The second-order valence-electron chi connectivity index (χ2n) is 8.19. The zero-order valence-electron chi connectivity index (χ0n) is 17.7. The molecule has 0 unspecified atom stereocenters. The molecule has 5 rings (SSSR count). The van der Waals surface area contributed by atoms with E-state index in [1.807, 2.05) is 13.0 Å². The molecule has 7 nitrogen and oxygen atoms in total. The lowest BCUT2D eigenvalue weighted by molar-refractivity contribution is -0.140. The number of nitrogens with zero attached hydrogens (tertiary/aromatic N) is 2. The average molecular weight is 430 g/mol. The third-order valence-electron chi connectivity index (χ3n) is 5.84. The largest absolute Gasteiger partial charge is 0.507 e. The first-order chi connectivity index (χ1) is 15.4. The number of carbonyl (C=O) groups excluding carboxylic acids is 2. The van der Waals surface area contributed by atoms with Gasteiger partial charge in [-0.3, -0.25) is 14.6 Å². The van der Waals surface area contributed by atoms with E-state index in [1.165, 1.54) is 4.90 Å². The van der Waals surface area contributed by atoms with Gasteiger partial charge in [-0.15, -0.1) is 0 Å². The summed E-state index contributed by atoms with van der Waals surface area (Å²) in [5.74, 6) is 0.210. The summed E-state index contributed by atoms with van der Waals surface area (Å²) in [4.78, 5) is 31.6. The van der Waals surface area contributed by atoms with Crippen molar-refractivity contribution in [3.8, 4) is 5.75 Å². The Balaban J connectivity index is 1.62. The standard InChI is InChI=1S/C25H22N2O5/c1-14-3-5-20(31-14)22-21(23(28)17-4-6-19-18(12-17)11-15(2)32-19)24(29)25(30)27(22)13-16-7-9-26-10-8-16/h3-10,12,15,22,28H,11,13H2,1-2H3/t15-,22+/m0/s1. The van der Waals surface area contributed by atoms with Crippen molar-refractivity contribution in [3.05, 3.63) is 88.6 Å². The lowest BCUT2D eigenvalue weighted by atomic mass is 9.97. The molecule has 32 heavy (non-hydrogen) atoms. The Bertz CT molecular complexity index is 1240. The zero-order chi connectivity index (χ0) is 22.4. The number of aliphatic hydroxyl groups is 1. The predicted octanol–water partition coefficient (Wildman–Crippen LogP) is 3.93. The molecule has 1 N–H and O–H groups in total. The maximum absolute atomic E-state index is 13.1. The van der Waals surface area contributed by atoms with Gasteiger partial charge in [-0.1, -0.05) is 0 Å². The van der Waals surface area contributed by atoms with Gasteiger partial charge in [-0.05, 0) is 67.4 Å². The first-order valence-electron chi connectivity index (χ1n) is 10.5. The van der Waals surface area contributed by atoms with Crippen LogP contribution in [0.25, 0.3) is 5.76 Å². The van der Waals surface area contributed by atoms with E-state index in [2.05, 4.69) is 4.98 Å². The van der Waals surface area contributed by atoms with Gasteiger partial charge < -0.3 is 19.2 Å². The quantitative estimate of drug-likeness (QED) is 0.383. The van der Waals surface area contributed by atoms with E-state index in [1.54, 1.807) is 55.7 Å². The summed E-state index contributed by atoms with van der Waals surface area (Å²) < 4.78 is 11.5. The van der Waals surface area contributed by atoms with E-state index in [0.29, 0.717) is 23.5 Å². The number of ether oxygens (including phenoxy) is 1. The highest BCUT2D eigenvalue weighted by Crippen LogP contribution is 2.41. The van der Waals surface area contributed by atoms with Gasteiger partial charge in [0.05, 0.1) is 5.57 Å². The van der Waals surface area contributed by atoms with Gasteiger partial charge in [0, 0.05) is 30.9 Å². The van der Waals surface area contributed by atoms with Crippen LogP contribution in [-0.4, -0.2) is 32.8 Å². The van der Waals surface area contributed by atoms with Crippen LogP contribution in [0.4, 0.5) is 0 Å². The number of furan rings is 1. The first kappa shape index (κ1) is 20.1. The summed E-state index contributed by atoms with van der Waals surface area (Å²) in [6, 6.07) is 11.5. The summed E-state index contributed by atoms with van der Waals surface area (Å²) in [6.07, 6.45) is 4.03. The topological polar surface area (TPSA) is 92.9 Å². The number of fused-ring (bicyclic) bond motifs is 1. The molecule has 1 aromatic carbocycles. The van der Waals surface area contributed by atoms with Crippen molar-refractivity contribution in [2.24, 2.45) is 0 Å². The van der Waals surface area contributed by atoms with Crippen LogP contribution in [0.1, 0.15) is 41.2 Å². The lowest BCUT2D eigenvalue weighted by Gasteiger charge is -2.23. The van der Waals surface area contributed by atoms with Crippen LogP contribution in [0, 0.1) is 6.92 Å². The van der Waals surface area contributed by atoms with Crippen molar-refractivity contribution in [1.29, 1.82) is 0 Å². The molecule has 3 aromatic rings. The Hall–Kier alpha value is -3.87. The van der Waals surface area contributed by atoms with E-state index in [9.17, 15) is 14.7 Å². The van der Waals surface area contributed by atoms with E-state index in [4.69, 9.17) is 9.15 Å². The molecule has 2 atom stereocenters. The molecule has 0 saturated carbocycles. The third-order valence-corrected chi connectivity index (χ3v) is 5.84. The highest BCUT2D eigenvalue weighted by atomic mass is 16.5. The van der Waals surface area contributed by atoms with Crippen LogP contribution in [-0.2, 0) is 22.6 Å². The number of likely N-dealkylation sites (tertiary alicyclic amines) is 1. The van der Waals surface area contributed by atoms with Crippen molar-refractivity contribution in [3.63, 3.8) is 0 Å². The molecule has 0 radical (unpaired) electrons. The Morgan fingerprint density at radius 3 is 2.66 bits per heavy atom. The fourth-order valence-corrected chi connectivity index (χ4v) is 4.35. The van der Waals surface area contributed by atoms with Crippen molar-refractivity contribution in [1.82, 2.24) is 9.88 Å². The second kappa shape index (κ2) is 7.67. The zero-order valence-corrected chi connectivity index (χ0v) is 17.7. The number of amides is 1. The average Bonchev–Trinajstić information content (AvgIpc) is 3.44. The number of aryl methyl sites for hydroxylation is 1. The molecule has 2 aromatic heterocycles. The van der Waals surface area contributed by atoms with E-state index in [-0.39, 0.29) is 24.0 Å². The molecule has 2 aliphatic rings. The van der Waals surface area contributed by atoms with Crippen LogP contribution >= 0.6 is 0 Å². The molecule has 2 aliphatic heterocycles. The number of aliphatic hydroxyl groups excluding tert-OH is 1. The molecule has 162 valence electrons. The van der Waals surface area contributed by atoms with Crippen LogP contribution in [0.5, 0.6) is 5.75 Å². The molecular weight excluding hydrogens is 408 g/mol. The fourth-order valence-electron chi connectivity index (χ4n) is 4.35. The summed E-state index contributed by atoms with van der Waals surface area (Å²) >= 11 is 0. The number of ketones is 1. The van der Waals surface area contributed by atoms with Crippen LogP contribution in [0.15, 0.2) is 64.8 Å². The van der Waals surface area contributed by atoms with Gasteiger partial charge in [0.15, 0.2) is 0 Å². The molecule has 1 fully saturated rings. The number of aromatic nitrogens is 1. The van der Waals surface area contributed by atoms with Gasteiger partial charge in [-0.2, -0.15) is 0 Å². The van der Waals surface area contributed by atoms with Crippen molar-refractivity contribution >= 4 is 17.4 Å². The molecule has 4 heterocycles. The van der Waals surface area contributed by atoms with Crippen molar-refractivity contribution < 1.29 is 23.8 Å². The third kappa shape index (κ3) is 3.36. The maximum Gasteiger partial charge on any atom is 0.296 e. The minimum Gasteiger partial charge on any atom is -0.507 e. The molecule has 0 bridgehead atoms. The van der Waals surface area contributed by atoms with Crippen LogP contribution in [0.3, 0.4) is 0 Å². The molecule has 1 saturated heterocycles. The van der Waals surface area contributed by atoms with Gasteiger partial charge in [-0.25, -0.2) is 0 Å². The van der Waals surface area contributed by atoms with Crippen molar-refractivity contribution in [2.75, 3.05) is 0 Å². The van der Waals surface area contributed by atoms with Gasteiger partial charge in [0.25, 0.3) is 11.7 Å². The highest BCUT2D eigenvalue weighted by molar-refractivity contribution is 6.46. The summed E-state index contributed by atoms with van der Waals surface area (Å²) in [7, 11) is 0. The first-order valence-corrected chi connectivity index (χ1v) is 10.5. The smallest absolute Gasteiger partial charge is 0.296 e. The SMILES string of the molecule is Cc1ccc([C@@H]2C(=C(O)c3ccc4c(c3)C[C@H](C)O4)C(=O)C(=O)N2Cc2ccncc2)o1. The number of Topliss-reactive ketones (excluding diaryl/α,β-unsaturated/α-hetero) is 1. The number of carbonyl (C=O) groups is 2. The second-order valence-corrected chi connectivity index (χ2v) is 8.19. The van der Waals surface area contributed by atoms with Crippen LogP contribution < -0.4 is 4.74 Å².